The molecule has 0 aliphatic rings. The van der Waals surface area contributed by atoms with E-state index in [2.05, 4.69) is 68.6 Å². The van der Waals surface area contributed by atoms with Crippen LogP contribution in [0.2, 0.25) is 0 Å². The van der Waals surface area contributed by atoms with E-state index in [1.807, 2.05) is 11.3 Å². The molecule has 102 valence electrons. The Bertz CT molecular complexity index is 487. The fraction of sp³-hybridized carbons (Fsp3) is 0.412. The zero-order chi connectivity index (χ0) is 13.7. The molecule has 1 aromatic heterocycles. The molecule has 2 rings (SSSR count). The number of thiophene rings is 1. The SMILES string of the molecule is CCC(NCc1ccc(-c2ccccc2)s1)C(C)C. The Morgan fingerprint density at radius 2 is 1.79 bits per heavy atom. The van der Waals surface area contributed by atoms with Gasteiger partial charge in [0.05, 0.1) is 0 Å². The van der Waals surface area contributed by atoms with E-state index in [-0.39, 0.29) is 0 Å². The maximum absolute atomic E-state index is 3.66. The van der Waals surface area contributed by atoms with Crippen molar-refractivity contribution in [2.75, 3.05) is 0 Å². The Morgan fingerprint density at radius 3 is 2.42 bits per heavy atom. The number of hydrogen-bond acceptors (Lipinski definition) is 2. The molecule has 0 aliphatic heterocycles. The first-order valence-corrected chi connectivity index (χ1v) is 7.90. The molecule has 0 amide bonds. The van der Waals surface area contributed by atoms with Crippen LogP contribution in [0.5, 0.6) is 0 Å². The van der Waals surface area contributed by atoms with Crippen molar-refractivity contribution in [1.29, 1.82) is 0 Å². The second-order valence-electron chi connectivity index (χ2n) is 5.27. The maximum atomic E-state index is 3.66. The van der Waals surface area contributed by atoms with Crippen LogP contribution in [0.4, 0.5) is 0 Å². The van der Waals surface area contributed by atoms with Gasteiger partial charge in [-0.2, -0.15) is 0 Å². The summed E-state index contributed by atoms with van der Waals surface area (Å²) in [6.07, 6.45) is 1.19. The van der Waals surface area contributed by atoms with Gasteiger partial charge in [0.1, 0.15) is 0 Å². The zero-order valence-electron chi connectivity index (χ0n) is 12.0. The first kappa shape index (κ1) is 14.3. The molecule has 1 aromatic carbocycles. The highest BCUT2D eigenvalue weighted by molar-refractivity contribution is 7.15. The molecule has 0 radical (unpaired) electrons. The molecular formula is C17H23NS. The van der Waals surface area contributed by atoms with Gasteiger partial charge in [0.2, 0.25) is 0 Å². The first-order chi connectivity index (χ1) is 9.20. The Labute approximate surface area is 120 Å². The Hall–Kier alpha value is -1.12. The van der Waals surface area contributed by atoms with E-state index in [1.165, 1.54) is 21.7 Å². The topological polar surface area (TPSA) is 12.0 Å². The van der Waals surface area contributed by atoms with Gasteiger partial charge in [-0.1, -0.05) is 51.1 Å². The fourth-order valence-electron chi connectivity index (χ4n) is 2.31. The lowest BCUT2D eigenvalue weighted by molar-refractivity contribution is 0.389. The van der Waals surface area contributed by atoms with Crippen molar-refractivity contribution in [2.24, 2.45) is 5.92 Å². The lowest BCUT2D eigenvalue weighted by Gasteiger charge is -2.20. The number of benzene rings is 1. The van der Waals surface area contributed by atoms with E-state index in [9.17, 15) is 0 Å². The molecule has 0 bridgehead atoms. The number of rotatable bonds is 6. The highest BCUT2D eigenvalue weighted by Gasteiger charge is 2.10. The largest absolute Gasteiger partial charge is 0.309 e. The van der Waals surface area contributed by atoms with Crippen molar-refractivity contribution in [3.63, 3.8) is 0 Å². The Morgan fingerprint density at radius 1 is 1.05 bits per heavy atom. The third-order valence-electron chi connectivity index (χ3n) is 3.50. The first-order valence-electron chi connectivity index (χ1n) is 7.08. The van der Waals surface area contributed by atoms with Crippen molar-refractivity contribution in [2.45, 2.75) is 39.8 Å². The van der Waals surface area contributed by atoms with Crippen LogP contribution in [-0.2, 0) is 6.54 Å². The maximum Gasteiger partial charge on any atom is 0.0346 e. The standard InChI is InChI=1S/C17H23NS/c1-4-16(13(2)3)18-12-15-10-11-17(19-15)14-8-6-5-7-9-14/h5-11,13,16,18H,4,12H2,1-3H3. The fourth-order valence-corrected chi connectivity index (χ4v) is 3.28. The quantitative estimate of drug-likeness (QED) is 0.786. The summed E-state index contributed by atoms with van der Waals surface area (Å²) in [5.74, 6) is 0.693. The molecule has 1 unspecified atom stereocenters. The number of hydrogen-bond donors (Lipinski definition) is 1. The van der Waals surface area contributed by atoms with Gasteiger partial charge in [-0.25, -0.2) is 0 Å². The van der Waals surface area contributed by atoms with Crippen molar-refractivity contribution < 1.29 is 0 Å². The van der Waals surface area contributed by atoms with Crippen LogP contribution in [0.1, 0.15) is 32.1 Å². The summed E-state index contributed by atoms with van der Waals surface area (Å²) < 4.78 is 0. The molecule has 1 atom stereocenters. The highest BCUT2D eigenvalue weighted by Crippen LogP contribution is 2.27. The molecule has 1 nitrogen and oxygen atoms in total. The smallest absolute Gasteiger partial charge is 0.0346 e. The molecule has 0 fully saturated rings. The van der Waals surface area contributed by atoms with Crippen LogP contribution in [0.15, 0.2) is 42.5 Å². The Kier molecular flexibility index (Phi) is 5.17. The van der Waals surface area contributed by atoms with Gasteiger partial charge in [0.15, 0.2) is 0 Å². The number of nitrogens with one attached hydrogen (secondary N) is 1. The van der Waals surface area contributed by atoms with Crippen LogP contribution in [0, 0.1) is 5.92 Å². The minimum atomic E-state index is 0.613. The molecule has 2 heteroatoms. The normalized spacial score (nSPS) is 12.8. The predicted molar refractivity (Wildman–Crippen MR) is 85.5 cm³/mol. The third kappa shape index (κ3) is 3.92. The predicted octanol–water partition coefficient (Wildman–Crippen LogP) is 4.94. The van der Waals surface area contributed by atoms with Crippen molar-refractivity contribution >= 4 is 11.3 Å². The van der Waals surface area contributed by atoms with Gasteiger partial charge in [-0.3, -0.25) is 0 Å². The molecule has 1 heterocycles. The molecule has 2 aromatic rings. The minimum Gasteiger partial charge on any atom is -0.309 e. The van der Waals surface area contributed by atoms with Crippen LogP contribution < -0.4 is 5.32 Å². The van der Waals surface area contributed by atoms with E-state index in [1.54, 1.807) is 0 Å². The van der Waals surface area contributed by atoms with Crippen LogP contribution in [0.3, 0.4) is 0 Å². The van der Waals surface area contributed by atoms with E-state index < -0.39 is 0 Å². The lowest BCUT2D eigenvalue weighted by atomic mass is 10.0. The summed E-state index contributed by atoms with van der Waals surface area (Å²) in [5, 5.41) is 3.66. The van der Waals surface area contributed by atoms with Gasteiger partial charge in [0, 0.05) is 22.3 Å². The summed E-state index contributed by atoms with van der Waals surface area (Å²) in [5.41, 5.74) is 1.31. The van der Waals surface area contributed by atoms with Gasteiger partial charge in [0.25, 0.3) is 0 Å². The van der Waals surface area contributed by atoms with Gasteiger partial charge in [-0.05, 0) is 30.0 Å². The van der Waals surface area contributed by atoms with Gasteiger partial charge >= 0.3 is 0 Å². The van der Waals surface area contributed by atoms with Gasteiger partial charge in [-0.15, -0.1) is 11.3 Å². The van der Waals surface area contributed by atoms with E-state index in [4.69, 9.17) is 0 Å². The van der Waals surface area contributed by atoms with Crippen molar-refractivity contribution in [3.05, 3.63) is 47.3 Å². The molecule has 0 saturated carbocycles. The second kappa shape index (κ2) is 6.88. The minimum absolute atomic E-state index is 0.613. The van der Waals surface area contributed by atoms with Crippen LogP contribution >= 0.6 is 11.3 Å². The van der Waals surface area contributed by atoms with E-state index >= 15 is 0 Å². The molecule has 0 saturated heterocycles. The average molecular weight is 273 g/mol. The summed E-state index contributed by atoms with van der Waals surface area (Å²) in [4.78, 5) is 2.77. The molecule has 0 aliphatic carbocycles. The van der Waals surface area contributed by atoms with E-state index in [0.29, 0.717) is 12.0 Å². The van der Waals surface area contributed by atoms with Crippen LogP contribution in [-0.4, -0.2) is 6.04 Å². The third-order valence-corrected chi connectivity index (χ3v) is 4.64. The molecule has 0 spiro atoms. The summed E-state index contributed by atoms with van der Waals surface area (Å²) >= 11 is 1.89. The lowest BCUT2D eigenvalue weighted by Crippen LogP contribution is -2.32. The van der Waals surface area contributed by atoms with Crippen LogP contribution in [0.25, 0.3) is 10.4 Å². The zero-order valence-corrected chi connectivity index (χ0v) is 12.8. The van der Waals surface area contributed by atoms with Crippen molar-refractivity contribution in [3.8, 4) is 10.4 Å². The molecular weight excluding hydrogens is 250 g/mol. The summed E-state index contributed by atoms with van der Waals surface area (Å²) in [6, 6.07) is 15.7. The monoisotopic (exact) mass is 273 g/mol. The highest BCUT2D eigenvalue weighted by atomic mass is 32.1. The summed E-state index contributed by atoms with van der Waals surface area (Å²) in [7, 11) is 0. The molecule has 1 N–H and O–H groups in total. The Balaban J connectivity index is 1.98. The second-order valence-corrected chi connectivity index (χ2v) is 6.44. The average Bonchev–Trinajstić information content (AvgIpc) is 2.89. The molecule has 19 heavy (non-hydrogen) atoms. The van der Waals surface area contributed by atoms with E-state index in [0.717, 1.165) is 6.54 Å². The van der Waals surface area contributed by atoms with Crippen molar-refractivity contribution in [1.82, 2.24) is 5.32 Å². The summed E-state index contributed by atoms with van der Waals surface area (Å²) in [6.45, 7) is 7.80. The van der Waals surface area contributed by atoms with Gasteiger partial charge < -0.3 is 5.32 Å².